The molecule has 0 aromatic heterocycles. The first-order chi connectivity index (χ1) is 9.22. The van der Waals surface area contributed by atoms with Crippen molar-refractivity contribution in [3.63, 3.8) is 0 Å². The van der Waals surface area contributed by atoms with Crippen LogP contribution in [0.15, 0.2) is 54.6 Å². The first-order valence-electron chi connectivity index (χ1n) is 5.86. The zero-order chi connectivity index (χ0) is 13.7. The predicted octanol–water partition coefficient (Wildman–Crippen LogP) is 3.32. The molecule has 3 heteroatoms. The molecule has 2 aromatic carbocycles. The van der Waals surface area contributed by atoms with Crippen LogP contribution in [0.3, 0.4) is 0 Å². The summed E-state index contributed by atoms with van der Waals surface area (Å²) in [5.74, 6) is -0.311. The molecular formula is C16H14O3. The molecule has 0 aliphatic rings. The number of rotatable bonds is 4. The zero-order valence-corrected chi connectivity index (χ0v) is 10.5. The highest BCUT2D eigenvalue weighted by atomic mass is 16.5. The van der Waals surface area contributed by atoms with Crippen LogP contribution in [0, 0.1) is 0 Å². The maximum absolute atomic E-state index is 11.4. The van der Waals surface area contributed by atoms with Gasteiger partial charge in [0.2, 0.25) is 0 Å². The molecule has 0 amide bonds. The normalized spacial score (nSPS) is 11.1. The molecule has 0 radical (unpaired) electrons. The monoisotopic (exact) mass is 254 g/mol. The summed E-state index contributed by atoms with van der Waals surface area (Å²) >= 11 is 0. The molecular weight excluding hydrogens is 240 g/mol. The third-order valence-corrected chi connectivity index (χ3v) is 2.75. The molecule has 19 heavy (non-hydrogen) atoms. The molecule has 2 rings (SSSR count). The van der Waals surface area contributed by atoms with Crippen molar-refractivity contribution in [1.29, 1.82) is 0 Å². The number of carboxylic acid groups (broad SMARTS) is 1. The highest BCUT2D eigenvalue weighted by Gasteiger charge is 2.11. The molecule has 0 saturated heterocycles. The molecule has 0 heterocycles. The van der Waals surface area contributed by atoms with E-state index in [1.807, 2.05) is 36.4 Å². The Balaban J connectivity index is 2.51. The van der Waals surface area contributed by atoms with Crippen molar-refractivity contribution in [2.75, 3.05) is 7.11 Å². The Kier molecular flexibility index (Phi) is 3.98. The van der Waals surface area contributed by atoms with Gasteiger partial charge in [-0.15, -0.1) is 0 Å². The predicted molar refractivity (Wildman–Crippen MR) is 74.9 cm³/mol. The van der Waals surface area contributed by atoms with Crippen molar-refractivity contribution in [1.82, 2.24) is 0 Å². The second-order valence-corrected chi connectivity index (χ2v) is 3.97. The van der Waals surface area contributed by atoms with Gasteiger partial charge in [-0.25, -0.2) is 4.79 Å². The van der Waals surface area contributed by atoms with E-state index in [4.69, 9.17) is 4.74 Å². The van der Waals surface area contributed by atoms with E-state index in [0.717, 1.165) is 5.56 Å². The van der Waals surface area contributed by atoms with Gasteiger partial charge in [0.05, 0.1) is 12.7 Å². The second-order valence-electron chi connectivity index (χ2n) is 3.97. The number of carbonyl (C=O) groups is 1. The number of benzene rings is 2. The first kappa shape index (κ1) is 12.9. The van der Waals surface area contributed by atoms with E-state index < -0.39 is 5.97 Å². The molecule has 0 fully saturated rings. The van der Waals surface area contributed by atoms with E-state index in [1.165, 1.54) is 0 Å². The Hall–Kier alpha value is -2.55. The maximum Gasteiger partial charge on any atom is 0.336 e. The summed E-state index contributed by atoms with van der Waals surface area (Å²) in [7, 11) is 1.57. The van der Waals surface area contributed by atoms with Gasteiger partial charge in [0.1, 0.15) is 5.75 Å². The van der Waals surface area contributed by atoms with Crippen LogP contribution in [0.25, 0.3) is 11.6 Å². The lowest BCUT2D eigenvalue weighted by atomic mass is 10.0. The van der Waals surface area contributed by atoms with Gasteiger partial charge in [-0.1, -0.05) is 48.5 Å². The maximum atomic E-state index is 11.4. The first-order valence-corrected chi connectivity index (χ1v) is 5.86. The molecule has 96 valence electrons. The number of carboxylic acids is 1. The van der Waals surface area contributed by atoms with Gasteiger partial charge in [-0.05, 0) is 17.7 Å². The summed E-state index contributed by atoms with van der Waals surface area (Å²) in [4.78, 5) is 11.4. The van der Waals surface area contributed by atoms with Gasteiger partial charge >= 0.3 is 5.97 Å². The summed E-state index contributed by atoms with van der Waals surface area (Å²) in [5, 5.41) is 9.34. The van der Waals surface area contributed by atoms with E-state index in [0.29, 0.717) is 11.3 Å². The average molecular weight is 254 g/mol. The lowest BCUT2D eigenvalue weighted by molar-refractivity contribution is -0.130. The van der Waals surface area contributed by atoms with Crippen LogP contribution >= 0.6 is 0 Å². The van der Waals surface area contributed by atoms with Crippen LogP contribution in [0.4, 0.5) is 0 Å². The van der Waals surface area contributed by atoms with Crippen LogP contribution < -0.4 is 4.74 Å². The third kappa shape index (κ3) is 3.01. The van der Waals surface area contributed by atoms with Gasteiger partial charge < -0.3 is 9.84 Å². The van der Waals surface area contributed by atoms with E-state index in [1.54, 1.807) is 31.4 Å². The van der Waals surface area contributed by atoms with Gasteiger partial charge in [0.25, 0.3) is 0 Å². The van der Waals surface area contributed by atoms with Crippen LogP contribution in [0.1, 0.15) is 11.1 Å². The van der Waals surface area contributed by atoms with Crippen molar-refractivity contribution in [2.24, 2.45) is 0 Å². The molecule has 3 nitrogen and oxygen atoms in total. The molecule has 0 unspecified atom stereocenters. The number of para-hydroxylation sites is 1. The summed E-state index contributed by atoms with van der Waals surface area (Å²) < 4.78 is 5.22. The van der Waals surface area contributed by atoms with Crippen LogP contribution in [-0.2, 0) is 4.79 Å². The van der Waals surface area contributed by atoms with Crippen molar-refractivity contribution in [3.05, 3.63) is 65.7 Å². The molecule has 0 atom stereocenters. The van der Waals surface area contributed by atoms with E-state index in [-0.39, 0.29) is 5.57 Å². The average Bonchev–Trinajstić information content (AvgIpc) is 2.45. The number of aliphatic carboxylic acids is 1. The van der Waals surface area contributed by atoms with Crippen molar-refractivity contribution in [3.8, 4) is 5.75 Å². The Morgan fingerprint density at radius 2 is 1.68 bits per heavy atom. The quantitative estimate of drug-likeness (QED) is 0.672. The molecule has 0 saturated carbocycles. The summed E-state index contributed by atoms with van der Waals surface area (Å²) in [6, 6.07) is 16.3. The summed E-state index contributed by atoms with van der Waals surface area (Å²) in [6.07, 6.45) is 1.62. The van der Waals surface area contributed by atoms with Gasteiger partial charge in [0, 0.05) is 5.56 Å². The Morgan fingerprint density at radius 1 is 1.05 bits per heavy atom. The fraction of sp³-hybridized carbons (Fsp3) is 0.0625. The highest BCUT2D eigenvalue weighted by molar-refractivity contribution is 6.20. The third-order valence-electron chi connectivity index (χ3n) is 2.75. The molecule has 0 aliphatic carbocycles. The van der Waals surface area contributed by atoms with Crippen molar-refractivity contribution in [2.45, 2.75) is 0 Å². The Morgan fingerprint density at radius 3 is 2.32 bits per heavy atom. The second kappa shape index (κ2) is 5.87. The number of methoxy groups -OCH3 is 1. The zero-order valence-electron chi connectivity index (χ0n) is 10.5. The number of ether oxygens (including phenoxy) is 1. The largest absolute Gasteiger partial charge is 0.496 e. The van der Waals surface area contributed by atoms with Crippen LogP contribution in [0.5, 0.6) is 5.75 Å². The fourth-order valence-electron chi connectivity index (χ4n) is 1.83. The van der Waals surface area contributed by atoms with Gasteiger partial charge in [0.15, 0.2) is 0 Å². The number of hydrogen-bond acceptors (Lipinski definition) is 2. The summed E-state index contributed by atoms with van der Waals surface area (Å²) in [6.45, 7) is 0. The lowest BCUT2D eigenvalue weighted by Gasteiger charge is -2.06. The Labute approximate surface area is 111 Å². The minimum absolute atomic E-state index is 0.241. The molecule has 0 spiro atoms. The minimum Gasteiger partial charge on any atom is -0.496 e. The van der Waals surface area contributed by atoms with Crippen molar-refractivity contribution < 1.29 is 14.6 Å². The standard InChI is InChI=1S/C16H14O3/c1-19-15-10-6-5-9-13(15)11-14(16(17)18)12-7-3-2-4-8-12/h2-11H,1H3,(H,17,18)/b14-11-. The molecule has 1 N–H and O–H groups in total. The SMILES string of the molecule is COc1ccccc1/C=C(\C(=O)O)c1ccccc1. The fourth-order valence-corrected chi connectivity index (χ4v) is 1.83. The molecule has 0 aliphatic heterocycles. The van der Waals surface area contributed by atoms with E-state index >= 15 is 0 Å². The minimum atomic E-state index is -0.961. The molecule has 2 aromatic rings. The highest BCUT2D eigenvalue weighted by Crippen LogP contribution is 2.24. The van der Waals surface area contributed by atoms with E-state index in [2.05, 4.69) is 0 Å². The number of hydrogen-bond donors (Lipinski definition) is 1. The summed E-state index contributed by atoms with van der Waals surface area (Å²) in [5.41, 5.74) is 1.65. The lowest BCUT2D eigenvalue weighted by Crippen LogP contribution is -1.99. The smallest absolute Gasteiger partial charge is 0.336 e. The van der Waals surface area contributed by atoms with Crippen LogP contribution in [-0.4, -0.2) is 18.2 Å². The van der Waals surface area contributed by atoms with Crippen LogP contribution in [0.2, 0.25) is 0 Å². The Bertz CT molecular complexity index is 600. The van der Waals surface area contributed by atoms with E-state index in [9.17, 15) is 9.90 Å². The van der Waals surface area contributed by atoms with Crippen molar-refractivity contribution >= 4 is 17.6 Å². The van der Waals surface area contributed by atoms with Gasteiger partial charge in [-0.3, -0.25) is 0 Å². The topological polar surface area (TPSA) is 46.5 Å². The molecule has 0 bridgehead atoms. The van der Waals surface area contributed by atoms with Gasteiger partial charge in [-0.2, -0.15) is 0 Å².